The molecule has 31 heavy (non-hydrogen) atoms. The smallest absolute Gasteiger partial charge is 0.356 e. The largest absolute Gasteiger partial charge is 0.464 e. The van der Waals surface area contributed by atoms with Crippen molar-refractivity contribution in [2.24, 2.45) is 0 Å². The molecule has 4 aromatic rings. The van der Waals surface area contributed by atoms with E-state index in [9.17, 15) is 4.79 Å². The second-order valence-electron chi connectivity index (χ2n) is 6.97. The Hall–Kier alpha value is -3.84. The average molecular weight is 415 g/mol. The Bertz CT molecular complexity index is 1220. The van der Waals surface area contributed by atoms with Gasteiger partial charge in [0.05, 0.1) is 13.7 Å². The topological polar surface area (TPSA) is 87.3 Å². The fourth-order valence-corrected chi connectivity index (χ4v) is 3.35. The van der Waals surface area contributed by atoms with Crippen LogP contribution in [0.4, 0.5) is 0 Å². The van der Waals surface area contributed by atoms with Gasteiger partial charge >= 0.3 is 5.97 Å². The molecule has 0 aliphatic carbocycles. The molecular formula is C24H21N3O4. The molecule has 0 spiro atoms. The number of carbonyl (C=O) groups excluding carboxylic acids is 1. The highest BCUT2D eigenvalue weighted by molar-refractivity contribution is 5.87. The van der Waals surface area contributed by atoms with Crippen molar-refractivity contribution < 1.29 is 18.8 Å². The van der Waals surface area contributed by atoms with Crippen molar-refractivity contribution >= 4 is 5.97 Å². The monoisotopic (exact) mass is 415 g/mol. The number of ether oxygens (including phenoxy) is 2. The van der Waals surface area contributed by atoms with Gasteiger partial charge in [0.15, 0.2) is 0 Å². The predicted molar refractivity (Wildman–Crippen MR) is 115 cm³/mol. The van der Waals surface area contributed by atoms with Crippen LogP contribution in [0.1, 0.15) is 21.6 Å². The number of hydrogen-bond donors (Lipinski definition) is 0. The van der Waals surface area contributed by atoms with Crippen molar-refractivity contribution in [1.29, 1.82) is 0 Å². The first-order valence-corrected chi connectivity index (χ1v) is 9.67. The maximum Gasteiger partial charge on any atom is 0.356 e. The number of carbonyl (C=O) groups is 1. The normalized spacial score (nSPS) is 10.8. The molecule has 0 amide bonds. The maximum atomic E-state index is 11.5. The summed E-state index contributed by atoms with van der Waals surface area (Å²) in [6.07, 6.45) is 1.51. The SMILES string of the molecule is COCc1cc(-c2nc(-c3ccc(C(=O)OC)nc3)no2)ccc1-c1ccccc1C. The third kappa shape index (κ3) is 4.22. The van der Waals surface area contributed by atoms with E-state index in [0.717, 1.165) is 22.3 Å². The minimum atomic E-state index is -0.500. The lowest BCUT2D eigenvalue weighted by Gasteiger charge is -2.12. The third-order valence-corrected chi connectivity index (χ3v) is 4.93. The van der Waals surface area contributed by atoms with Gasteiger partial charge in [-0.15, -0.1) is 0 Å². The number of nitrogens with zero attached hydrogens (tertiary/aromatic N) is 3. The molecule has 0 aliphatic heterocycles. The average Bonchev–Trinajstić information content (AvgIpc) is 3.30. The number of esters is 1. The minimum Gasteiger partial charge on any atom is -0.464 e. The van der Waals surface area contributed by atoms with Gasteiger partial charge in [0, 0.05) is 24.4 Å². The molecule has 156 valence electrons. The van der Waals surface area contributed by atoms with Crippen molar-refractivity contribution in [1.82, 2.24) is 15.1 Å². The van der Waals surface area contributed by atoms with Crippen LogP contribution < -0.4 is 0 Å². The van der Waals surface area contributed by atoms with Gasteiger partial charge in [-0.05, 0) is 53.4 Å². The molecule has 0 saturated heterocycles. The summed E-state index contributed by atoms with van der Waals surface area (Å²) in [5.74, 6) is 0.274. The number of benzene rings is 2. The van der Waals surface area contributed by atoms with E-state index in [1.807, 2.05) is 30.3 Å². The first-order chi connectivity index (χ1) is 15.1. The molecular weight excluding hydrogens is 394 g/mol. The molecule has 0 unspecified atom stereocenters. The van der Waals surface area contributed by atoms with Gasteiger partial charge in [0.1, 0.15) is 5.69 Å². The quantitative estimate of drug-likeness (QED) is 0.422. The van der Waals surface area contributed by atoms with Crippen molar-refractivity contribution in [3.05, 3.63) is 77.6 Å². The van der Waals surface area contributed by atoms with Crippen LogP contribution in [0.3, 0.4) is 0 Å². The van der Waals surface area contributed by atoms with E-state index in [1.54, 1.807) is 19.2 Å². The molecule has 0 fully saturated rings. The molecule has 0 saturated carbocycles. The van der Waals surface area contributed by atoms with E-state index in [0.29, 0.717) is 23.9 Å². The van der Waals surface area contributed by atoms with Crippen LogP contribution in [0.15, 0.2) is 65.3 Å². The van der Waals surface area contributed by atoms with Crippen LogP contribution in [0.5, 0.6) is 0 Å². The molecule has 0 radical (unpaired) electrons. The van der Waals surface area contributed by atoms with Crippen LogP contribution in [0.2, 0.25) is 0 Å². The Morgan fingerprint density at radius 2 is 1.81 bits per heavy atom. The first kappa shape index (κ1) is 20.4. The van der Waals surface area contributed by atoms with Crippen molar-refractivity contribution in [3.8, 4) is 34.0 Å². The predicted octanol–water partition coefficient (Wildman–Crippen LogP) is 4.71. The second-order valence-corrected chi connectivity index (χ2v) is 6.97. The second kappa shape index (κ2) is 8.89. The molecule has 0 bridgehead atoms. The van der Waals surface area contributed by atoms with Gasteiger partial charge in [-0.2, -0.15) is 4.98 Å². The molecule has 0 aliphatic rings. The summed E-state index contributed by atoms with van der Waals surface area (Å²) >= 11 is 0. The van der Waals surface area contributed by atoms with E-state index in [-0.39, 0.29) is 5.69 Å². The third-order valence-electron chi connectivity index (χ3n) is 4.93. The highest BCUT2D eigenvalue weighted by atomic mass is 16.5. The number of rotatable bonds is 6. The van der Waals surface area contributed by atoms with E-state index in [1.165, 1.54) is 18.9 Å². The summed E-state index contributed by atoms with van der Waals surface area (Å²) in [6, 6.07) is 17.5. The van der Waals surface area contributed by atoms with E-state index < -0.39 is 5.97 Å². The fraction of sp³-hybridized carbons (Fsp3) is 0.167. The zero-order valence-electron chi connectivity index (χ0n) is 17.5. The molecule has 2 aromatic heterocycles. The lowest BCUT2D eigenvalue weighted by Crippen LogP contribution is -2.03. The summed E-state index contributed by atoms with van der Waals surface area (Å²) in [7, 11) is 2.98. The Morgan fingerprint density at radius 1 is 1.00 bits per heavy atom. The Balaban J connectivity index is 1.66. The molecule has 2 aromatic carbocycles. The number of pyridine rings is 1. The molecule has 7 nitrogen and oxygen atoms in total. The highest BCUT2D eigenvalue weighted by Gasteiger charge is 2.15. The lowest BCUT2D eigenvalue weighted by atomic mass is 9.94. The zero-order chi connectivity index (χ0) is 21.8. The lowest BCUT2D eigenvalue weighted by molar-refractivity contribution is 0.0594. The summed E-state index contributed by atoms with van der Waals surface area (Å²) in [6.45, 7) is 2.54. The van der Waals surface area contributed by atoms with Crippen molar-refractivity contribution in [3.63, 3.8) is 0 Å². The van der Waals surface area contributed by atoms with E-state index in [4.69, 9.17) is 9.26 Å². The number of aromatic nitrogens is 3. The zero-order valence-corrected chi connectivity index (χ0v) is 17.5. The van der Waals surface area contributed by atoms with Crippen molar-refractivity contribution in [2.45, 2.75) is 13.5 Å². The number of methoxy groups -OCH3 is 2. The molecule has 0 N–H and O–H groups in total. The Labute approximate surface area is 179 Å². The van der Waals surface area contributed by atoms with Gasteiger partial charge in [-0.1, -0.05) is 35.5 Å². The minimum absolute atomic E-state index is 0.214. The van der Waals surface area contributed by atoms with Gasteiger partial charge < -0.3 is 14.0 Å². The fourth-order valence-electron chi connectivity index (χ4n) is 3.35. The van der Waals surface area contributed by atoms with Crippen LogP contribution in [0, 0.1) is 6.92 Å². The van der Waals surface area contributed by atoms with Crippen LogP contribution in [-0.4, -0.2) is 35.3 Å². The Kier molecular flexibility index (Phi) is 5.86. The van der Waals surface area contributed by atoms with Crippen LogP contribution in [-0.2, 0) is 16.1 Å². The molecule has 4 rings (SSSR count). The Morgan fingerprint density at radius 3 is 2.52 bits per heavy atom. The highest BCUT2D eigenvalue weighted by Crippen LogP contribution is 2.31. The van der Waals surface area contributed by atoms with Crippen LogP contribution >= 0.6 is 0 Å². The molecule has 0 atom stereocenters. The number of aryl methyl sites for hydroxylation is 1. The number of hydrogen-bond acceptors (Lipinski definition) is 7. The van der Waals surface area contributed by atoms with Crippen molar-refractivity contribution in [2.75, 3.05) is 14.2 Å². The van der Waals surface area contributed by atoms with Gasteiger partial charge in [0.2, 0.25) is 5.82 Å². The van der Waals surface area contributed by atoms with Gasteiger partial charge in [-0.3, -0.25) is 0 Å². The summed E-state index contributed by atoms with van der Waals surface area (Å²) in [5, 5.41) is 4.05. The maximum absolute atomic E-state index is 11.5. The van der Waals surface area contributed by atoms with Gasteiger partial charge in [-0.25, -0.2) is 9.78 Å². The summed E-state index contributed by atoms with van der Waals surface area (Å²) < 4.78 is 15.6. The van der Waals surface area contributed by atoms with Crippen LogP contribution in [0.25, 0.3) is 34.0 Å². The molecule has 2 heterocycles. The molecule has 7 heteroatoms. The van der Waals surface area contributed by atoms with E-state index in [2.05, 4.69) is 38.9 Å². The standard InChI is InChI=1S/C24H21N3O4/c1-15-6-4-5-7-19(15)20-10-8-16(12-18(20)14-29-2)23-26-22(27-31-23)17-9-11-21(25-13-17)24(28)30-3/h4-13H,14H2,1-3H3. The summed E-state index contributed by atoms with van der Waals surface area (Å²) in [5.41, 5.74) is 6.12. The first-order valence-electron chi connectivity index (χ1n) is 9.67. The van der Waals surface area contributed by atoms with E-state index >= 15 is 0 Å². The summed E-state index contributed by atoms with van der Waals surface area (Å²) in [4.78, 5) is 20.1. The van der Waals surface area contributed by atoms with Gasteiger partial charge in [0.25, 0.3) is 5.89 Å².